The fourth-order valence-corrected chi connectivity index (χ4v) is 1.53. The second-order valence-electron chi connectivity index (χ2n) is 3.46. The molecule has 1 unspecified atom stereocenters. The summed E-state index contributed by atoms with van der Waals surface area (Å²) in [5.74, 6) is 0.00417. The summed E-state index contributed by atoms with van der Waals surface area (Å²) >= 11 is 0. The van der Waals surface area contributed by atoms with Crippen molar-refractivity contribution in [3.8, 4) is 12.1 Å². The third-order valence-electron chi connectivity index (χ3n) is 2.32. The summed E-state index contributed by atoms with van der Waals surface area (Å²) in [7, 11) is 0. The van der Waals surface area contributed by atoms with Crippen LogP contribution in [0.15, 0.2) is 18.5 Å². The Hall–Kier alpha value is -1.87. The van der Waals surface area contributed by atoms with E-state index in [1.807, 2.05) is 6.07 Å². The van der Waals surface area contributed by atoms with Gasteiger partial charge in [0, 0.05) is 12.4 Å². The summed E-state index contributed by atoms with van der Waals surface area (Å²) in [6.45, 7) is 2.06. The molecule has 1 heterocycles. The van der Waals surface area contributed by atoms with Gasteiger partial charge in [-0.3, -0.25) is 4.98 Å². The van der Waals surface area contributed by atoms with Crippen molar-refractivity contribution >= 4 is 0 Å². The molecule has 0 bridgehead atoms. The maximum Gasteiger partial charge on any atom is 0.101 e. The first-order valence-corrected chi connectivity index (χ1v) is 5.04. The molecule has 0 saturated heterocycles. The van der Waals surface area contributed by atoms with Crippen molar-refractivity contribution in [1.29, 1.82) is 10.5 Å². The van der Waals surface area contributed by atoms with E-state index in [0.29, 0.717) is 12.0 Å². The van der Waals surface area contributed by atoms with Gasteiger partial charge in [-0.25, -0.2) is 0 Å². The summed E-state index contributed by atoms with van der Waals surface area (Å²) in [5, 5.41) is 17.8. The minimum absolute atomic E-state index is 0.00417. The van der Waals surface area contributed by atoms with E-state index in [2.05, 4.69) is 24.0 Å². The molecule has 1 rings (SSSR count). The fourth-order valence-electron chi connectivity index (χ4n) is 1.53. The summed E-state index contributed by atoms with van der Waals surface area (Å²) in [6, 6.07) is 6.19. The molecule has 0 aliphatic rings. The lowest BCUT2D eigenvalue weighted by atomic mass is 9.95. The Labute approximate surface area is 90.0 Å². The maximum atomic E-state index is 8.93. The Morgan fingerprint density at radius 1 is 1.47 bits per heavy atom. The number of pyridine rings is 1. The monoisotopic (exact) mass is 199 g/mol. The second-order valence-corrected chi connectivity index (χ2v) is 3.46. The normalized spacial score (nSPS) is 11.4. The van der Waals surface area contributed by atoms with Crippen LogP contribution in [0.3, 0.4) is 0 Å². The van der Waals surface area contributed by atoms with Gasteiger partial charge in [-0.1, -0.05) is 13.3 Å². The van der Waals surface area contributed by atoms with E-state index in [0.717, 1.165) is 18.4 Å². The van der Waals surface area contributed by atoms with Gasteiger partial charge in [0.2, 0.25) is 0 Å². The van der Waals surface area contributed by atoms with E-state index in [4.69, 9.17) is 10.5 Å². The molecular formula is C12H13N3. The maximum absolute atomic E-state index is 8.93. The van der Waals surface area contributed by atoms with E-state index < -0.39 is 0 Å². The van der Waals surface area contributed by atoms with Crippen molar-refractivity contribution in [2.24, 2.45) is 5.92 Å². The molecular weight excluding hydrogens is 186 g/mol. The molecule has 3 nitrogen and oxygen atoms in total. The lowest BCUT2D eigenvalue weighted by molar-refractivity contribution is 0.589. The topological polar surface area (TPSA) is 60.5 Å². The molecule has 0 aliphatic carbocycles. The molecule has 0 aromatic carbocycles. The number of hydrogen-bond donors (Lipinski definition) is 0. The van der Waals surface area contributed by atoms with Crippen LogP contribution in [0.5, 0.6) is 0 Å². The Kier molecular flexibility index (Phi) is 4.31. The molecule has 0 amide bonds. The number of nitriles is 2. The molecule has 15 heavy (non-hydrogen) atoms. The van der Waals surface area contributed by atoms with Crippen LogP contribution in [-0.2, 0) is 6.42 Å². The standard InChI is InChI=1S/C12H13N3/c1-2-3-10(7-13)6-11-4-5-15-9-12(11)8-14/h4-5,9-10H,2-3,6H2,1H3. The molecule has 76 valence electrons. The molecule has 0 fully saturated rings. The number of nitrogens with zero attached hydrogens (tertiary/aromatic N) is 3. The van der Waals surface area contributed by atoms with Gasteiger partial charge < -0.3 is 0 Å². The first kappa shape index (κ1) is 11.2. The van der Waals surface area contributed by atoms with Crippen molar-refractivity contribution in [2.75, 3.05) is 0 Å². The van der Waals surface area contributed by atoms with Gasteiger partial charge in [-0.15, -0.1) is 0 Å². The van der Waals surface area contributed by atoms with E-state index in [1.165, 1.54) is 0 Å². The molecule has 1 aromatic heterocycles. The molecule has 0 N–H and O–H groups in total. The lowest BCUT2D eigenvalue weighted by Crippen LogP contribution is -2.03. The average molecular weight is 199 g/mol. The zero-order chi connectivity index (χ0) is 11.1. The van der Waals surface area contributed by atoms with E-state index >= 15 is 0 Å². The highest BCUT2D eigenvalue weighted by atomic mass is 14.6. The van der Waals surface area contributed by atoms with Crippen molar-refractivity contribution in [1.82, 2.24) is 4.98 Å². The Morgan fingerprint density at radius 3 is 2.87 bits per heavy atom. The van der Waals surface area contributed by atoms with E-state index in [9.17, 15) is 0 Å². The smallest absolute Gasteiger partial charge is 0.101 e. The van der Waals surface area contributed by atoms with Gasteiger partial charge >= 0.3 is 0 Å². The Morgan fingerprint density at radius 2 is 2.27 bits per heavy atom. The second kappa shape index (κ2) is 5.78. The molecule has 0 spiro atoms. The van der Waals surface area contributed by atoms with Crippen LogP contribution in [0.1, 0.15) is 30.9 Å². The SMILES string of the molecule is CCCC(C#N)Cc1ccncc1C#N. The van der Waals surface area contributed by atoms with Crippen molar-refractivity contribution in [3.05, 3.63) is 29.6 Å². The van der Waals surface area contributed by atoms with Crippen LogP contribution in [0.2, 0.25) is 0 Å². The largest absolute Gasteiger partial charge is 0.263 e. The van der Waals surface area contributed by atoms with Gasteiger partial charge in [0.05, 0.1) is 17.6 Å². The van der Waals surface area contributed by atoms with Crippen LogP contribution in [-0.4, -0.2) is 4.98 Å². The lowest BCUT2D eigenvalue weighted by Gasteiger charge is -2.08. The predicted molar refractivity (Wildman–Crippen MR) is 56.7 cm³/mol. The third kappa shape index (κ3) is 3.07. The van der Waals surface area contributed by atoms with Crippen LogP contribution < -0.4 is 0 Å². The summed E-state index contributed by atoms with van der Waals surface area (Å²) < 4.78 is 0. The van der Waals surface area contributed by atoms with Crippen molar-refractivity contribution < 1.29 is 0 Å². The minimum Gasteiger partial charge on any atom is -0.263 e. The van der Waals surface area contributed by atoms with Gasteiger partial charge in [0.1, 0.15) is 6.07 Å². The van der Waals surface area contributed by atoms with Gasteiger partial charge in [-0.05, 0) is 24.5 Å². The Balaban J connectivity index is 2.80. The first-order valence-electron chi connectivity index (χ1n) is 5.04. The number of aromatic nitrogens is 1. The fraction of sp³-hybridized carbons (Fsp3) is 0.417. The van der Waals surface area contributed by atoms with Crippen LogP contribution in [0.25, 0.3) is 0 Å². The van der Waals surface area contributed by atoms with Gasteiger partial charge in [0.15, 0.2) is 0 Å². The first-order chi connectivity index (χ1) is 7.31. The van der Waals surface area contributed by atoms with E-state index in [1.54, 1.807) is 12.4 Å². The molecule has 1 atom stereocenters. The number of hydrogen-bond acceptors (Lipinski definition) is 3. The minimum atomic E-state index is 0.00417. The van der Waals surface area contributed by atoms with Crippen molar-refractivity contribution in [3.63, 3.8) is 0 Å². The van der Waals surface area contributed by atoms with Crippen LogP contribution in [0, 0.1) is 28.6 Å². The number of rotatable bonds is 4. The average Bonchev–Trinajstić information content (AvgIpc) is 2.29. The highest BCUT2D eigenvalue weighted by molar-refractivity contribution is 5.35. The molecule has 3 heteroatoms. The predicted octanol–water partition coefficient (Wildman–Crippen LogP) is 2.44. The Bertz CT molecular complexity index is 398. The van der Waals surface area contributed by atoms with E-state index in [-0.39, 0.29) is 5.92 Å². The van der Waals surface area contributed by atoms with Crippen LogP contribution in [0.4, 0.5) is 0 Å². The highest BCUT2D eigenvalue weighted by Crippen LogP contribution is 2.15. The summed E-state index contributed by atoms with van der Waals surface area (Å²) in [6.07, 6.45) is 5.73. The molecule has 0 aliphatic heterocycles. The summed E-state index contributed by atoms with van der Waals surface area (Å²) in [5.41, 5.74) is 1.50. The zero-order valence-corrected chi connectivity index (χ0v) is 8.77. The van der Waals surface area contributed by atoms with Gasteiger partial charge in [0.25, 0.3) is 0 Å². The highest BCUT2D eigenvalue weighted by Gasteiger charge is 2.10. The van der Waals surface area contributed by atoms with Gasteiger partial charge in [-0.2, -0.15) is 10.5 Å². The zero-order valence-electron chi connectivity index (χ0n) is 8.77. The van der Waals surface area contributed by atoms with Crippen molar-refractivity contribution in [2.45, 2.75) is 26.2 Å². The third-order valence-corrected chi connectivity index (χ3v) is 2.32. The molecule has 1 aromatic rings. The van der Waals surface area contributed by atoms with Crippen LogP contribution >= 0.6 is 0 Å². The molecule has 0 saturated carbocycles. The summed E-state index contributed by atoms with van der Waals surface area (Å²) in [4.78, 5) is 3.89. The quantitative estimate of drug-likeness (QED) is 0.748. The molecule has 0 radical (unpaired) electrons.